The standard InChI is InChI=1S/C6H6.4C5H5N.C4H4N2.C4H4S.C3H4N2.8C2H6/c5*1-2-4-6-5-3-1;1-2-6-4-3-5-1;2*1-2-4-5-3-1;8*1-2/h1-6H;4*1-5H;1-4H;1-4H;1-3H,(H,4,5);8*1-2H3. The predicted molar refractivity (Wildman–Crippen MR) is 279 cm³/mol. The minimum atomic E-state index is 1.64. The van der Waals surface area contributed by atoms with Crippen LogP contribution in [0.15, 0.2) is 225 Å². The molecule has 0 amide bonds. The van der Waals surface area contributed by atoms with E-state index < -0.39 is 0 Å². The largest absolute Gasteiger partial charge is 0.286 e. The molecule has 1 aromatic carbocycles. The minimum absolute atomic E-state index is 1.64. The number of benzene rings is 1. The lowest BCUT2D eigenvalue weighted by molar-refractivity contribution is 1.09. The highest BCUT2D eigenvalue weighted by Gasteiger charge is 1.62. The summed E-state index contributed by atoms with van der Waals surface area (Å²) < 4.78 is 0. The Balaban J connectivity index is -0.0000000856. The summed E-state index contributed by atoms with van der Waals surface area (Å²) in [7, 11) is 0. The topological polar surface area (TPSA) is 106 Å². The fourth-order valence-corrected chi connectivity index (χ4v) is 2.78. The van der Waals surface area contributed by atoms with Gasteiger partial charge in [0.2, 0.25) is 0 Å². The fraction of sp³-hybridized carbons (Fsp3) is 0.302. The van der Waals surface area contributed by atoms with Crippen LogP contribution in [0.1, 0.15) is 111 Å². The zero-order chi connectivity index (χ0) is 48.5. The van der Waals surface area contributed by atoms with Crippen LogP contribution in [-0.2, 0) is 0 Å². The summed E-state index contributed by atoms with van der Waals surface area (Å²) in [6.45, 7) is 32.0. The Kier molecular flexibility index (Phi) is 118. The molecule has 0 bridgehead atoms. The molecule has 0 atom stereocenters. The quantitative estimate of drug-likeness (QED) is 0.162. The third-order valence-electron chi connectivity index (χ3n) is 4.24. The first-order valence-corrected chi connectivity index (χ1v) is 22.9. The number of aromatic nitrogens is 8. The Labute approximate surface area is 385 Å². The van der Waals surface area contributed by atoms with Crippen molar-refractivity contribution < 1.29 is 0 Å². The van der Waals surface area contributed by atoms with Gasteiger partial charge in [0.05, 0.1) is 0 Å². The van der Waals surface area contributed by atoms with Crippen molar-refractivity contribution in [2.45, 2.75) is 111 Å². The van der Waals surface area contributed by atoms with E-state index in [0.29, 0.717) is 0 Å². The number of thiophene rings is 1. The van der Waals surface area contributed by atoms with Gasteiger partial charge in [-0.3, -0.25) is 35.0 Å². The number of hydrogen-bond donors (Lipinski definition) is 1. The van der Waals surface area contributed by atoms with Crippen LogP contribution >= 0.6 is 11.3 Å². The van der Waals surface area contributed by atoms with Crippen molar-refractivity contribution in [2.75, 3.05) is 0 Å². The Morgan fingerprint density at radius 1 is 0.226 bits per heavy atom. The summed E-state index contributed by atoms with van der Waals surface area (Å²) in [5.41, 5.74) is 0. The first-order chi connectivity index (χ1) is 31.0. The van der Waals surface area contributed by atoms with Gasteiger partial charge in [-0.05, 0) is 65.4 Å². The van der Waals surface area contributed by atoms with E-state index in [4.69, 9.17) is 0 Å². The van der Waals surface area contributed by atoms with E-state index in [2.05, 4.69) is 40.1 Å². The maximum atomic E-state index is 3.78. The number of nitrogens with one attached hydrogen (secondary N) is 1. The molecule has 0 aliphatic rings. The number of rotatable bonds is 0. The van der Waals surface area contributed by atoms with Crippen molar-refractivity contribution in [3.05, 3.63) is 225 Å². The second-order valence-corrected chi connectivity index (χ2v) is 8.52. The highest BCUT2D eigenvalue weighted by Crippen LogP contribution is 1.91. The van der Waals surface area contributed by atoms with E-state index in [1.165, 1.54) is 0 Å². The second-order valence-electron chi connectivity index (χ2n) is 7.71. The van der Waals surface area contributed by atoms with Gasteiger partial charge in [-0.25, -0.2) is 0 Å². The average Bonchev–Trinajstić information content (AvgIpc) is 4.25. The van der Waals surface area contributed by atoms with Gasteiger partial charge in [-0.2, -0.15) is 16.4 Å². The summed E-state index contributed by atoms with van der Waals surface area (Å²) in [6, 6.07) is 40.7. The molecule has 8 rings (SSSR count). The van der Waals surface area contributed by atoms with Gasteiger partial charge in [0, 0.05) is 86.8 Å². The molecule has 7 aromatic heterocycles. The highest BCUT2D eigenvalue weighted by molar-refractivity contribution is 7.07. The van der Waals surface area contributed by atoms with Gasteiger partial charge in [0.15, 0.2) is 0 Å². The van der Waals surface area contributed by atoms with Crippen LogP contribution in [0.2, 0.25) is 0 Å². The summed E-state index contributed by atoms with van der Waals surface area (Å²) >= 11 is 1.71. The summed E-state index contributed by atoms with van der Waals surface area (Å²) in [5, 5.41) is 10.3. The van der Waals surface area contributed by atoms with Crippen molar-refractivity contribution in [3.8, 4) is 0 Å². The number of aromatic amines is 1. The van der Waals surface area contributed by atoms with Crippen LogP contribution < -0.4 is 0 Å². The summed E-state index contributed by atoms with van der Waals surface area (Å²) in [5.74, 6) is 0. The van der Waals surface area contributed by atoms with Crippen LogP contribution in [0.4, 0.5) is 0 Å². The number of pyridine rings is 4. The van der Waals surface area contributed by atoms with E-state index in [0.717, 1.165) is 0 Å². The number of hydrogen-bond acceptors (Lipinski definition) is 8. The molecule has 1 N–H and O–H groups in total. The van der Waals surface area contributed by atoms with Gasteiger partial charge >= 0.3 is 0 Å². The van der Waals surface area contributed by atoms with Crippen molar-refractivity contribution >= 4 is 11.3 Å². The third kappa shape index (κ3) is 94.7. The maximum Gasteiger partial charge on any atom is 0.0487 e. The zero-order valence-electron chi connectivity index (χ0n) is 41.4. The SMILES string of the molecule is CC.CC.CC.CC.CC.CC.CC.CC.c1ccccc1.c1ccncc1.c1ccncc1.c1ccncc1.c1ccncc1.c1ccsc1.c1cn[nH]c1.c1cnccn1. The molecule has 8 aromatic rings. The van der Waals surface area contributed by atoms with E-state index >= 15 is 0 Å². The zero-order valence-corrected chi connectivity index (χ0v) is 42.2. The summed E-state index contributed by atoms with van der Waals surface area (Å²) in [6.07, 6.45) is 24.0. The second kappa shape index (κ2) is 100. The van der Waals surface area contributed by atoms with Crippen molar-refractivity contribution in [1.29, 1.82) is 0 Å². The van der Waals surface area contributed by atoms with Crippen LogP contribution in [-0.4, -0.2) is 40.1 Å². The molecule has 0 saturated carbocycles. The Morgan fingerprint density at radius 3 is 0.516 bits per heavy atom. The third-order valence-corrected chi connectivity index (χ3v) is 4.87. The van der Waals surface area contributed by atoms with Crippen LogP contribution in [0.5, 0.6) is 0 Å². The Hall–Kier alpha value is -6.19. The van der Waals surface area contributed by atoms with Gasteiger partial charge in [-0.15, -0.1) is 0 Å². The summed E-state index contributed by atoms with van der Waals surface area (Å²) in [4.78, 5) is 22.6. The molecular weight excluding hydrogens is 781 g/mol. The van der Waals surface area contributed by atoms with E-state index in [9.17, 15) is 0 Å². The first-order valence-electron chi connectivity index (χ1n) is 22.0. The van der Waals surface area contributed by atoms with Crippen LogP contribution in [0.3, 0.4) is 0 Å². The van der Waals surface area contributed by atoms with E-state index in [1.807, 2.05) is 249 Å². The van der Waals surface area contributed by atoms with Gasteiger partial charge in [0.25, 0.3) is 0 Å². The smallest absolute Gasteiger partial charge is 0.0487 e. The van der Waals surface area contributed by atoms with Gasteiger partial charge < -0.3 is 0 Å². The molecule has 0 aliphatic carbocycles. The molecule has 344 valence electrons. The molecule has 7 heterocycles. The van der Waals surface area contributed by atoms with Crippen LogP contribution in [0.25, 0.3) is 0 Å². The van der Waals surface area contributed by atoms with Crippen molar-refractivity contribution in [2.24, 2.45) is 0 Å². The molecule has 9 heteroatoms. The highest BCUT2D eigenvalue weighted by atomic mass is 32.1. The van der Waals surface area contributed by atoms with Crippen molar-refractivity contribution in [1.82, 2.24) is 40.1 Å². The minimum Gasteiger partial charge on any atom is -0.286 e. The molecule has 0 spiro atoms. The van der Waals surface area contributed by atoms with Gasteiger partial charge in [0.1, 0.15) is 0 Å². The molecular formula is C53H86N8S. The molecule has 0 saturated heterocycles. The Bertz CT molecular complexity index is 1040. The Morgan fingerprint density at radius 2 is 0.435 bits per heavy atom. The maximum absolute atomic E-state index is 3.78. The molecule has 8 nitrogen and oxygen atoms in total. The molecule has 0 aliphatic heterocycles. The first kappa shape index (κ1) is 73.3. The average molecular weight is 867 g/mol. The lowest BCUT2D eigenvalue weighted by Gasteiger charge is -1.70. The molecule has 0 unspecified atom stereocenters. The monoisotopic (exact) mass is 867 g/mol. The fourth-order valence-electron chi connectivity index (χ4n) is 2.33. The number of nitrogens with zero attached hydrogens (tertiary/aromatic N) is 7. The van der Waals surface area contributed by atoms with Crippen molar-refractivity contribution in [3.63, 3.8) is 0 Å². The molecule has 62 heavy (non-hydrogen) atoms. The molecule has 0 radical (unpaired) electrons. The lowest BCUT2D eigenvalue weighted by Crippen LogP contribution is -1.66. The van der Waals surface area contributed by atoms with E-state index in [-0.39, 0.29) is 0 Å². The van der Waals surface area contributed by atoms with E-state index in [1.54, 1.807) is 98.1 Å². The van der Waals surface area contributed by atoms with Gasteiger partial charge in [-0.1, -0.05) is 184 Å². The van der Waals surface area contributed by atoms with Crippen LogP contribution in [0, 0.1) is 0 Å². The normalized spacial score (nSPS) is 6.71. The predicted octanol–water partition coefficient (Wildman–Crippen LogP) is 16.9. The molecule has 0 fully saturated rings. The lowest BCUT2D eigenvalue weighted by atomic mass is 10.4. The number of H-pyrrole nitrogens is 1.